The molecular formula is C24H33BrN6S. The maximum atomic E-state index is 5.55. The lowest BCUT2D eigenvalue weighted by Crippen LogP contribution is -2.42. The Kier molecular flexibility index (Phi) is 7.51. The van der Waals surface area contributed by atoms with E-state index in [1.165, 1.54) is 29.7 Å². The van der Waals surface area contributed by atoms with Gasteiger partial charge in [-0.2, -0.15) is 4.98 Å². The number of hydrogen-bond acceptors (Lipinski definition) is 5. The standard InChI is InChI=1S/C24H33BrN6S/c1-15-14-18(12-13-20(15)25)28-24(32)27-17-10-8-16(9-11-17)26-23-29-21-7-5-4-6-19(21)22(30-23)31(2)3/h12-14,16-17H,4-11H2,1-3H3,(H,26,29,30)(H2,27,28,32)/t16-,17+. The largest absolute Gasteiger partial charge is 0.362 e. The number of halogens is 1. The van der Waals surface area contributed by atoms with Crippen LogP contribution in [0.1, 0.15) is 55.3 Å². The molecule has 1 fully saturated rings. The van der Waals surface area contributed by atoms with E-state index in [4.69, 9.17) is 22.2 Å². The van der Waals surface area contributed by atoms with Crippen LogP contribution in [0.4, 0.5) is 17.5 Å². The Labute approximate surface area is 205 Å². The first-order valence-corrected chi connectivity index (χ1v) is 12.8. The van der Waals surface area contributed by atoms with Gasteiger partial charge in [-0.15, -0.1) is 0 Å². The quantitative estimate of drug-likeness (QED) is 0.471. The first kappa shape index (κ1) is 23.2. The van der Waals surface area contributed by atoms with Gasteiger partial charge in [-0.3, -0.25) is 0 Å². The van der Waals surface area contributed by atoms with E-state index in [0.717, 1.165) is 60.5 Å². The highest BCUT2D eigenvalue weighted by Crippen LogP contribution is 2.29. The zero-order valence-electron chi connectivity index (χ0n) is 19.2. The monoisotopic (exact) mass is 516 g/mol. The van der Waals surface area contributed by atoms with Gasteiger partial charge in [0.15, 0.2) is 5.11 Å². The highest BCUT2D eigenvalue weighted by atomic mass is 79.9. The van der Waals surface area contributed by atoms with Crippen molar-refractivity contribution in [2.45, 2.75) is 70.4 Å². The summed E-state index contributed by atoms with van der Waals surface area (Å²) in [4.78, 5) is 11.9. The number of hydrogen-bond donors (Lipinski definition) is 3. The molecule has 1 aromatic heterocycles. The molecule has 1 saturated carbocycles. The fraction of sp³-hybridized carbons (Fsp3) is 0.542. The fourth-order valence-electron chi connectivity index (χ4n) is 4.65. The number of fused-ring (bicyclic) bond motifs is 1. The number of aryl methyl sites for hydroxylation is 2. The lowest BCUT2D eigenvalue weighted by molar-refractivity contribution is 0.387. The maximum Gasteiger partial charge on any atom is 0.225 e. The minimum absolute atomic E-state index is 0.395. The van der Waals surface area contributed by atoms with Crippen LogP contribution in [0.2, 0.25) is 0 Å². The average Bonchev–Trinajstić information content (AvgIpc) is 2.77. The number of anilines is 3. The Hall–Kier alpha value is -1.93. The Balaban J connectivity index is 1.30. The van der Waals surface area contributed by atoms with Crippen molar-refractivity contribution < 1.29 is 0 Å². The van der Waals surface area contributed by atoms with Crippen LogP contribution in [0.15, 0.2) is 22.7 Å². The van der Waals surface area contributed by atoms with Crippen LogP contribution in [-0.4, -0.2) is 41.3 Å². The van der Waals surface area contributed by atoms with E-state index in [1.807, 2.05) is 12.1 Å². The smallest absolute Gasteiger partial charge is 0.225 e. The molecule has 6 nitrogen and oxygen atoms in total. The second-order valence-electron chi connectivity index (χ2n) is 9.15. The Bertz CT molecular complexity index is 971. The van der Waals surface area contributed by atoms with Crippen LogP contribution in [-0.2, 0) is 12.8 Å². The molecule has 8 heteroatoms. The number of rotatable bonds is 5. The number of nitrogens with one attached hydrogen (secondary N) is 3. The molecule has 0 radical (unpaired) electrons. The van der Waals surface area contributed by atoms with Gasteiger partial charge in [-0.25, -0.2) is 4.98 Å². The summed E-state index contributed by atoms with van der Waals surface area (Å²) in [5, 5.41) is 11.1. The Morgan fingerprint density at radius 3 is 2.50 bits per heavy atom. The molecule has 4 rings (SSSR count). The van der Waals surface area contributed by atoms with Crippen LogP contribution in [0.25, 0.3) is 0 Å². The molecule has 0 unspecified atom stereocenters. The summed E-state index contributed by atoms with van der Waals surface area (Å²) in [7, 11) is 4.15. The highest BCUT2D eigenvalue weighted by Gasteiger charge is 2.24. The molecule has 1 aromatic carbocycles. The van der Waals surface area contributed by atoms with E-state index >= 15 is 0 Å². The summed E-state index contributed by atoms with van der Waals surface area (Å²) in [5.74, 6) is 1.86. The number of aromatic nitrogens is 2. The van der Waals surface area contributed by atoms with Gasteiger partial charge in [-0.05, 0) is 94.3 Å². The zero-order chi connectivity index (χ0) is 22.7. The van der Waals surface area contributed by atoms with E-state index in [9.17, 15) is 0 Å². The molecule has 0 bridgehead atoms. The molecule has 0 saturated heterocycles. The first-order valence-electron chi connectivity index (χ1n) is 11.6. The van der Waals surface area contributed by atoms with Crippen molar-refractivity contribution in [1.82, 2.24) is 15.3 Å². The van der Waals surface area contributed by atoms with Gasteiger partial charge in [0.1, 0.15) is 5.82 Å². The van der Waals surface area contributed by atoms with Gasteiger partial charge < -0.3 is 20.9 Å². The van der Waals surface area contributed by atoms with Crippen molar-refractivity contribution in [3.8, 4) is 0 Å². The molecular weight excluding hydrogens is 484 g/mol. The fourth-order valence-corrected chi connectivity index (χ4v) is 5.18. The van der Waals surface area contributed by atoms with Gasteiger partial charge in [0.05, 0.1) is 5.69 Å². The van der Waals surface area contributed by atoms with Crippen LogP contribution in [0, 0.1) is 6.92 Å². The SMILES string of the molecule is Cc1cc(NC(=S)N[C@H]2CC[C@@H](Nc3nc4c(c(N(C)C)n3)CCCC4)CC2)ccc1Br. The molecule has 0 spiro atoms. The minimum Gasteiger partial charge on any atom is -0.362 e. The van der Waals surface area contributed by atoms with E-state index in [-0.39, 0.29) is 0 Å². The topological polar surface area (TPSA) is 65.1 Å². The van der Waals surface area contributed by atoms with Gasteiger partial charge >= 0.3 is 0 Å². The number of nitrogens with zero attached hydrogens (tertiary/aromatic N) is 3. The van der Waals surface area contributed by atoms with Gasteiger partial charge in [-0.1, -0.05) is 15.9 Å². The normalized spacial score (nSPS) is 20.2. The molecule has 32 heavy (non-hydrogen) atoms. The summed E-state index contributed by atoms with van der Waals surface area (Å²) < 4.78 is 1.10. The third-order valence-electron chi connectivity index (χ3n) is 6.40. The summed E-state index contributed by atoms with van der Waals surface area (Å²) >= 11 is 9.09. The third-order valence-corrected chi connectivity index (χ3v) is 7.51. The summed E-state index contributed by atoms with van der Waals surface area (Å²) in [6.45, 7) is 2.08. The van der Waals surface area contributed by atoms with Crippen molar-refractivity contribution in [2.24, 2.45) is 0 Å². The van der Waals surface area contributed by atoms with Crippen molar-refractivity contribution in [1.29, 1.82) is 0 Å². The molecule has 2 aliphatic rings. The van der Waals surface area contributed by atoms with E-state index in [0.29, 0.717) is 17.2 Å². The van der Waals surface area contributed by atoms with E-state index < -0.39 is 0 Å². The van der Waals surface area contributed by atoms with Crippen LogP contribution < -0.4 is 20.9 Å². The minimum atomic E-state index is 0.395. The lowest BCUT2D eigenvalue weighted by atomic mass is 9.91. The lowest BCUT2D eigenvalue weighted by Gasteiger charge is -2.31. The predicted octanol–water partition coefficient (Wildman–Crippen LogP) is 5.20. The third kappa shape index (κ3) is 5.70. The van der Waals surface area contributed by atoms with E-state index in [2.05, 4.69) is 63.9 Å². The van der Waals surface area contributed by atoms with Crippen molar-refractivity contribution in [3.63, 3.8) is 0 Å². The maximum absolute atomic E-state index is 5.55. The zero-order valence-corrected chi connectivity index (χ0v) is 21.6. The van der Waals surface area contributed by atoms with Gasteiger partial charge in [0.25, 0.3) is 0 Å². The first-order chi connectivity index (χ1) is 15.4. The summed E-state index contributed by atoms with van der Waals surface area (Å²) in [6.07, 6.45) is 8.92. The Morgan fingerprint density at radius 2 is 1.78 bits per heavy atom. The molecule has 1 heterocycles. The number of thiocarbonyl (C=S) groups is 1. The second-order valence-corrected chi connectivity index (χ2v) is 10.4. The van der Waals surface area contributed by atoms with Crippen molar-refractivity contribution in [3.05, 3.63) is 39.5 Å². The molecule has 0 amide bonds. The van der Waals surface area contributed by atoms with Gasteiger partial charge in [0, 0.05) is 41.9 Å². The van der Waals surface area contributed by atoms with Gasteiger partial charge in [0.2, 0.25) is 5.95 Å². The molecule has 2 aromatic rings. The highest BCUT2D eigenvalue weighted by molar-refractivity contribution is 9.10. The number of benzene rings is 1. The van der Waals surface area contributed by atoms with Crippen molar-refractivity contribution in [2.75, 3.05) is 29.6 Å². The average molecular weight is 518 g/mol. The molecule has 2 aliphatic carbocycles. The molecule has 172 valence electrons. The van der Waals surface area contributed by atoms with Crippen LogP contribution >= 0.6 is 28.1 Å². The Morgan fingerprint density at radius 1 is 1.06 bits per heavy atom. The van der Waals surface area contributed by atoms with Crippen LogP contribution in [0.5, 0.6) is 0 Å². The summed E-state index contributed by atoms with van der Waals surface area (Å²) in [6, 6.07) is 6.97. The summed E-state index contributed by atoms with van der Waals surface area (Å²) in [5.41, 5.74) is 4.76. The van der Waals surface area contributed by atoms with E-state index in [1.54, 1.807) is 0 Å². The molecule has 3 N–H and O–H groups in total. The van der Waals surface area contributed by atoms with Crippen molar-refractivity contribution >= 4 is 50.7 Å². The predicted molar refractivity (Wildman–Crippen MR) is 141 cm³/mol. The molecule has 0 aliphatic heterocycles. The second kappa shape index (κ2) is 10.3. The van der Waals surface area contributed by atoms with Crippen LogP contribution in [0.3, 0.4) is 0 Å². The molecule has 0 atom stereocenters.